The molecule has 0 atom stereocenters. The first-order valence-corrected chi connectivity index (χ1v) is 3.73. The number of nitrogens with zero attached hydrogens (tertiary/aromatic N) is 1. The smallest absolute Gasteiger partial charge is 0.310 e. The normalized spacial score (nSPS) is 9.31. The summed E-state index contributed by atoms with van der Waals surface area (Å²) in [5, 5.41) is 0. The highest BCUT2D eigenvalue weighted by molar-refractivity contribution is 5.73. The van der Waals surface area contributed by atoms with Crippen LogP contribution < -0.4 is 0 Å². The van der Waals surface area contributed by atoms with Gasteiger partial charge < -0.3 is 4.74 Å². The molecule has 1 aromatic rings. The summed E-state index contributed by atoms with van der Waals surface area (Å²) >= 11 is 0. The standard InChI is InChI=1S/C9H9NO3/c1-13-9(12)4-7-2-3-8(6-11)10-5-7/h2-3,5-6H,4H2,1H3. The number of hydrogen-bond acceptors (Lipinski definition) is 4. The molecule has 0 spiro atoms. The minimum absolute atomic E-state index is 0.183. The molecule has 0 amide bonds. The second-order valence-corrected chi connectivity index (χ2v) is 2.46. The summed E-state index contributed by atoms with van der Waals surface area (Å²) in [6.45, 7) is 0. The van der Waals surface area contributed by atoms with Crippen LogP contribution in [0.25, 0.3) is 0 Å². The number of methoxy groups -OCH3 is 1. The van der Waals surface area contributed by atoms with E-state index in [9.17, 15) is 9.59 Å². The van der Waals surface area contributed by atoms with Crippen LogP contribution in [0.1, 0.15) is 16.1 Å². The number of rotatable bonds is 3. The van der Waals surface area contributed by atoms with Crippen molar-refractivity contribution in [1.82, 2.24) is 4.98 Å². The lowest BCUT2D eigenvalue weighted by Crippen LogP contribution is -2.04. The van der Waals surface area contributed by atoms with Crippen LogP contribution >= 0.6 is 0 Å². The summed E-state index contributed by atoms with van der Waals surface area (Å²) in [6, 6.07) is 3.24. The van der Waals surface area contributed by atoms with Gasteiger partial charge in [-0.2, -0.15) is 0 Å². The molecule has 0 fully saturated rings. The average molecular weight is 179 g/mol. The summed E-state index contributed by atoms with van der Waals surface area (Å²) in [4.78, 5) is 24.9. The number of carbonyl (C=O) groups excluding carboxylic acids is 2. The van der Waals surface area contributed by atoms with Crippen molar-refractivity contribution >= 4 is 12.3 Å². The molecule has 68 valence electrons. The Kier molecular flexibility index (Phi) is 3.14. The first kappa shape index (κ1) is 9.38. The van der Waals surface area contributed by atoms with Crippen LogP contribution in [0.3, 0.4) is 0 Å². The average Bonchev–Trinajstić information content (AvgIpc) is 2.19. The second-order valence-electron chi connectivity index (χ2n) is 2.46. The van der Waals surface area contributed by atoms with Crippen molar-refractivity contribution in [2.75, 3.05) is 7.11 Å². The molecule has 0 radical (unpaired) electrons. The molecule has 4 heteroatoms. The van der Waals surface area contributed by atoms with Crippen LogP contribution in [0.15, 0.2) is 18.3 Å². The van der Waals surface area contributed by atoms with Crippen molar-refractivity contribution in [2.24, 2.45) is 0 Å². The minimum Gasteiger partial charge on any atom is -0.469 e. The summed E-state index contributed by atoms with van der Waals surface area (Å²) in [6.07, 6.45) is 2.32. The molecule has 13 heavy (non-hydrogen) atoms. The molecule has 0 N–H and O–H groups in total. The topological polar surface area (TPSA) is 56.3 Å². The second kappa shape index (κ2) is 4.35. The highest BCUT2D eigenvalue weighted by Gasteiger charge is 2.02. The Balaban J connectivity index is 2.69. The Bertz CT molecular complexity index is 305. The Labute approximate surface area is 75.5 Å². The number of esters is 1. The van der Waals surface area contributed by atoms with Gasteiger partial charge in [-0.05, 0) is 11.6 Å². The lowest BCUT2D eigenvalue weighted by Gasteiger charge is -1.98. The van der Waals surface area contributed by atoms with Crippen LogP contribution in [0.5, 0.6) is 0 Å². The van der Waals surface area contributed by atoms with E-state index in [-0.39, 0.29) is 12.4 Å². The molecule has 1 heterocycles. The van der Waals surface area contributed by atoms with Crippen molar-refractivity contribution in [3.8, 4) is 0 Å². The van der Waals surface area contributed by atoms with Gasteiger partial charge in [0.15, 0.2) is 6.29 Å². The fourth-order valence-electron chi connectivity index (χ4n) is 0.849. The number of hydrogen-bond donors (Lipinski definition) is 0. The zero-order chi connectivity index (χ0) is 9.68. The van der Waals surface area contributed by atoms with Gasteiger partial charge in [0.25, 0.3) is 0 Å². The molecule has 0 bridgehead atoms. The van der Waals surface area contributed by atoms with Crippen LogP contribution in [-0.2, 0) is 16.0 Å². The van der Waals surface area contributed by atoms with E-state index in [1.807, 2.05) is 0 Å². The van der Waals surface area contributed by atoms with E-state index in [0.29, 0.717) is 12.0 Å². The highest BCUT2D eigenvalue weighted by atomic mass is 16.5. The van der Waals surface area contributed by atoms with Crippen LogP contribution in [0, 0.1) is 0 Å². The molecule has 1 aromatic heterocycles. The molecule has 0 aromatic carbocycles. The third-order valence-electron chi connectivity index (χ3n) is 1.54. The number of aldehydes is 1. The van der Waals surface area contributed by atoms with E-state index in [1.54, 1.807) is 12.1 Å². The lowest BCUT2D eigenvalue weighted by atomic mass is 10.2. The summed E-state index contributed by atoms with van der Waals surface area (Å²) in [5.41, 5.74) is 1.09. The first-order chi connectivity index (χ1) is 6.26. The van der Waals surface area contributed by atoms with E-state index in [1.165, 1.54) is 13.3 Å². The van der Waals surface area contributed by atoms with Gasteiger partial charge in [0, 0.05) is 6.20 Å². The predicted molar refractivity (Wildman–Crippen MR) is 45.3 cm³/mol. The van der Waals surface area contributed by atoms with Crippen molar-refractivity contribution in [2.45, 2.75) is 6.42 Å². The van der Waals surface area contributed by atoms with Gasteiger partial charge in [-0.3, -0.25) is 14.6 Å². The van der Waals surface area contributed by atoms with E-state index in [0.717, 1.165) is 5.56 Å². The maximum Gasteiger partial charge on any atom is 0.310 e. The number of aromatic nitrogens is 1. The van der Waals surface area contributed by atoms with Gasteiger partial charge in [-0.1, -0.05) is 6.07 Å². The summed E-state index contributed by atoms with van der Waals surface area (Å²) < 4.78 is 4.47. The van der Waals surface area contributed by atoms with Gasteiger partial charge >= 0.3 is 5.97 Å². The van der Waals surface area contributed by atoms with Gasteiger partial charge in [-0.25, -0.2) is 0 Å². The van der Waals surface area contributed by atoms with Gasteiger partial charge in [0.1, 0.15) is 5.69 Å². The molecule has 0 aliphatic rings. The molecule has 1 rings (SSSR count). The maximum atomic E-state index is 10.8. The van der Waals surface area contributed by atoms with Crippen molar-refractivity contribution in [1.29, 1.82) is 0 Å². The monoisotopic (exact) mass is 179 g/mol. The van der Waals surface area contributed by atoms with Gasteiger partial charge in [0.05, 0.1) is 13.5 Å². The van der Waals surface area contributed by atoms with Crippen LogP contribution in [0.4, 0.5) is 0 Å². The Morgan fingerprint density at radius 1 is 1.62 bits per heavy atom. The fourth-order valence-corrected chi connectivity index (χ4v) is 0.849. The molecule has 0 saturated carbocycles. The summed E-state index contributed by atoms with van der Waals surface area (Å²) in [5.74, 6) is -0.319. The molecule has 0 saturated heterocycles. The largest absolute Gasteiger partial charge is 0.469 e. The molecule has 0 aliphatic carbocycles. The Hall–Kier alpha value is -1.71. The molecule has 0 aliphatic heterocycles. The van der Waals surface area contributed by atoms with E-state index in [4.69, 9.17) is 0 Å². The third kappa shape index (κ3) is 2.66. The van der Waals surface area contributed by atoms with Crippen molar-refractivity contribution in [3.63, 3.8) is 0 Å². The fraction of sp³-hybridized carbons (Fsp3) is 0.222. The molecular formula is C9H9NO3. The molecule has 4 nitrogen and oxygen atoms in total. The van der Waals surface area contributed by atoms with E-state index >= 15 is 0 Å². The Morgan fingerprint density at radius 3 is 2.85 bits per heavy atom. The molecular weight excluding hydrogens is 170 g/mol. The number of pyridine rings is 1. The van der Waals surface area contributed by atoms with Crippen molar-refractivity contribution < 1.29 is 14.3 Å². The SMILES string of the molecule is COC(=O)Cc1ccc(C=O)nc1. The van der Waals surface area contributed by atoms with Crippen LogP contribution in [0.2, 0.25) is 0 Å². The summed E-state index contributed by atoms with van der Waals surface area (Å²) in [7, 11) is 1.33. The zero-order valence-electron chi connectivity index (χ0n) is 7.19. The first-order valence-electron chi connectivity index (χ1n) is 3.73. The number of carbonyl (C=O) groups is 2. The third-order valence-corrected chi connectivity index (χ3v) is 1.54. The molecule has 0 unspecified atom stereocenters. The van der Waals surface area contributed by atoms with Crippen LogP contribution in [-0.4, -0.2) is 24.3 Å². The van der Waals surface area contributed by atoms with Gasteiger partial charge in [-0.15, -0.1) is 0 Å². The van der Waals surface area contributed by atoms with E-state index in [2.05, 4.69) is 9.72 Å². The van der Waals surface area contributed by atoms with E-state index < -0.39 is 0 Å². The highest BCUT2D eigenvalue weighted by Crippen LogP contribution is 2.00. The number of ether oxygens (including phenoxy) is 1. The van der Waals surface area contributed by atoms with Gasteiger partial charge in [0.2, 0.25) is 0 Å². The minimum atomic E-state index is -0.319. The Morgan fingerprint density at radius 2 is 2.38 bits per heavy atom. The zero-order valence-corrected chi connectivity index (χ0v) is 7.19. The lowest BCUT2D eigenvalue weighted by molar-refractivity contribution is -0.139. The maximum absolute atomic E-state index is 10.8. The predicted octanol–water partition coefficient (Wildman–Crippen LogP) is 0.610. The van der Waals surface area contributed by atoms with Crippen molar-refractivity contribution in [3.05, 3.63) is 29.6 Å². The quantitative estimate of drug-likeness (QED) is 0.504.